The number of aliphatic hydroxyl groups is 1. The summed E-state index contributed by atoms with van der Waals surface area (Å²) in [6.45, 7) is 3.82. The number of ether oxygens (including phenoxy) is 8. The zero-order valence-electron chi connectivity index (χ0n) is 22.5. The lowest BCUT2D eigenvalue weighted by Crippen LogP contribution is -2.64. The largest absolute Gasteiger partial charge is 0.478 e. The van der Waals surface area contributed by atoms with Crippen molar-refractivity contribution in [3.8, 4) is 0 Å². The van der Waals surface area contributed by atoms with E-state index in [1.165, 1.54) is 6.92 Å². The summed E-state index contributed by atoms with van der Waals surface area (Å²) in [5, 5.41) is 21.2. The lowest BCUT2D eigenvalue weighted by Gasteiger charge is -2.46. The van der Waals surface area contributed by atoms with Crippen LogP contribution < -0.4 is 0 Å². The first-order chi connectivity index (χ1) is 19.2. The molecule has 2 N–H and O–H groups in total. The second-order valence-corrected chi connectivity index (χ2v) is 10.2. The summed E-state index contributed by atoms with van der Waals surface area (Å²) < 4.78 is 44.1. The Hall–Kier alpha value is -3.76. The van der Waals surface area contributed by atoms with Crippen molar-refractivity contribution in [2.24, 2.45) is 11.8 Å². The molecule has 16 nitrogen and oxygen atoms in total. The molecule has 0 spiro atoms. The smallest absolute Gasteiger partial charge is 0.334 e. The monoisotopic (exact) mass is 586 g/mol. The van der Waals surface area contributed by atoms with E-state index in [9.17, 15) is 39.0 Å². The maximum atomic E-state index is 12.6. The van der Waals surface area contributed by atoms with Crippen molar-refractivity contribution >= 4 is 35.8 Å². The molecule has 4 rings (SSSR count). The van der Waals surface area contributed by atoms with E-state index in [0.717, 1.165) is 27.0 Å². The van der Waals surface area contributed by atoms with Crippen LogP contribution in [0.3, 0.4) is 0 Å². The van der Waals surface area contributed by atoms with Crippen LogP contribution in [0.5, 0.6) is 0 Å². The third-order valence-corrected chi connectivity index (χ3v) is 7.23. The lowest BCUT2D eigenvalue weighted by atomic mass is 9.81. The van der Waals surface area contributed by atoms with Gasteiger partial charge >= 0.3 is 35.8 Å². The molecule has 4 bridgehead atoms. The predicted octanol–water partition coefficient (Wildman–Crippen LogP) is -0.906. The molecule has 226 valence electrons. The van der Waals surface area contributed by atoms with Crippen LogP contribution >= 0.6 is 0 Å². The number of carboxylic acids is 1. The van der Waals surface area contributed by atoms with Crippen LogP contribution in [-0.4, -0.2) is 101 Å². The van der Waals surface area contributed by atoms with E-state index in [1.54, 1.807) is 0 Å². The normalized spacial score (nSPS) is 38.6. The Kier molecular flexibility index (Phi) is 8.56. The predicted molar refractivity (Wildman–Crippen MR) is 125 cm³/mol. The molecule has 16 heteroatoms. The van der Waals surface area contributed by atoms with Gasteiger partial charge in [-0.15, -0.1) is 0 Å². The molecule has 0 unspecified atom stereocenters. The zero-order valence-corrected chi connectivity index (χ0v) is 22.5. The first kappa shape index (κ1) is 30.2. The average molecular weight is 586 g/mol. The first-order valence-electron chi connectivity index (χ1n) is 12.7. The molecule has 0 radical (unpaired) electrons. The van der Waals surface area contributed by atoms with Gasteiger partial charge in [0.25, 0.3) is 0 Å². The molecule has 41 heavy (non-hydrogen) atoms. The zero-order chi connectivity index (χ0) is 30.2. The number of fused-ring (bicyclic) bond motifs is 3. The van der Waals surface area contributed by atoms with Gasteiger partial charge in [0, 0.05) is 26.7 Å². The van der Waals surface area contributed by atoms with E-state index in [4.69, 9.17) is 37.9 Å². The van der Waals surface area contributed by atoms with E-state index in [1.807, 2.05) is 0 Å². The second-order valence-electron chi connectivity index (χ2n) is 10.2. The molecule has 0 aromatic heterocycles. The van der Waals surface area contributed by atoms with Gasteiger partial charge in [0.1, 0.15) is 30.8 Å². The topological polar surface area (TPSA) is 217 Å². The van der Waals surface area contributed by atoms with Gasteiger partial charge in [-0.1, -0.05) is 0 Å². The summed E-state index contributed by atoms with van der Waals surface area (Å²) in [7, 11) is 0. The maximum absolute atomic E-state index is 12.6. The van der Waals surface area contributed by atoms with Gasteiger partial charge in [-0.05, 0) is 13.3 Å². The molecule has 0 amide bonds. The molecular weight excluding hydrogens is 556 g/mol. The minimum Gasteiger partial charge on any atom is -0.478 e. The molecule has 1 saturated carbocycles. The Bertz CT molecular complexity index is 1140. The van der Waals surface area contributed by atoms with Gasteiger partial charge < -0.3 is 48.1 Å². The number of hydrogen-bond acceptors (Lipinski definition) is 15. The molecule has 0 aromatic carbocycles. The summed E-state index contributed by atoms with van der Waals surface area (Å²) in [5.41, 5.74) is -2.18. The van der Waals surface area contributed by atoms with Crippen molar-refractivity contribution in [2.75, 3.05) is 6.61 Å². The molecule has 3 heterocycles. The van der Waals surface area contributed by atoms with Gasteiger partial charge in [0.05, 0.1) is 17.8 Å². The maximum Gasteiger partial charge on any atom is 0.334 e. The van der Waals surface area contributed by atoms with Crippen molar-refractivity contribution < 1.29 is 76.9 Å². The van der Waals surface area contributed by atoms with E-state index in [0.29, 0.717) is 0 Å². The van der Waals surface area contributed by atoms with Gasteiger partial charge in [0.15, 0.2) is 18.3 Å². The van der Waals surface area contributed by atoms with E-state index in [2.05, 4.69) is 0 Å². The van der Waals surface area contributed by atoms with Crippen LogP contribution in [0.4, 0.5) is 0 Å². The number of esters is 5. The lowest BCUT2D eigenvalue weighted by molar-refractivity contribution is -0.349. The van der Waals surface area contributed by atoms with Crippen molar-refractivity contribution in [1.82, 2.24) is 0 Å². The van der Waals surface area contributed by atoms with Crippen molar-refractivity contribution in [2.45, 2.75) is 89.2 Å². The summed E-state index contributed by atoms with van der Waals surface area (Å²) in [6, 6.07) is 0. The van der Waals surface area contributed by atoms with Gasteiger partial charge in [-0.3, -0.25) is 24.0 Å². The summed E-state index contributed by atoms with van der Waals surface area (Å²) >= 11 is 0. The highest BCUT2D eigenvalue weighted by Crippen LogP contribution is 2.51. The molecule has 3 aliphatic heterocycles. The molecule has 0 aromatic rings. The Balaban J connectivity index is 1.81. The van der Waals surface area contributed by atoms with Crippen molar-refractivity contribution in [1.29, 1.82) is 0 Å². The molecule has 3 fully saturated rings. The summed E-state index contributed by atoms with van der Waals surface area (Å²) in [5.74, 6) is -8.17. The number of aliphatic carboxylic acids is 1. The highest BCUT2D eigenvalue weighted by molar-refractivity contribution is 5.91. The summed E-state index contributed by atoms with van der Waals surface area (Å²) in [4.78, 5) is 73.1. The SMILES string of the molecule is CC(=O)O[C@@H]1[C@@H](OC(C)=O)[C@@H]2O[C@@H]3OC=C(C(=O)O)[C@H]4C[C@H](OC(=O)CC(=O)OC[C@@H](O2)[C@H]1OC(C)=O)[C@](C)(O)[C@@H]34. The molecule has 10 atom stereocenters. The van der Waals surface area contributed by atoms with Gasteiger partial charge in [-0.2, -0.15) is 0 Å². The number of rotatable bonds is 4. The Morgan fingerprint density at radius 1 is 0.902 bits per heavy atom. The minimum absolute atomic E-state index is 0.161. The Morgan fingerprint density at radius 2 is 1.51 bits per heavy atom. The molecular formula is C25H30O16. The first-order valence-corrected chi connectivity index (χ1v) is 12.7. The van der Waals surface area contributed by atoms with E-state index < -0.39 is 109 Å². The van der Waals surface area contributed by atoms with Crippen LogP contribution in [-0.2, 0) is 66.7 Å². The van der Waals surface area contributed by atoms with Crippen molar-refractivity contribution in [3.05, 3.63) is 11.8 Å². The van der Waals surface area contributed by atoms with Crippen LogP contribution in [0.2, 0.25) is 0 Å². The fraction of sp³-hybridized carbons (Fsp3) is 0.680. The van der Waals surface area contributed by atoms with E-state index in [-0.39, 0.29) is 12.0 Å². The third kappa shape index (κ3) is 6.28. The van der Waals surface area contributed by atoms with Crippen LogP contribution in [0.25, 0.3) is 0 Å². The standard InChI is InChI=1S/C25H30O16/c1-9(26)36-19-14-8-34-16(29)6-17(30)40-15-5-12-13(22(31)32)7-35-23(18(12)25(15,4)33)41-24(39-14)21(38-11(3)28)20(19)37-10(2)27/h7,12,14-15,18-21,23-24,33H,5-6,8H2,1-4H3,(H,31,32)/t12-,14-,15+,18-,19-,20+,21-,23+,24+,25+/m1/s1. The van der Waals surface area contributed by atoms with Crippen molar-refractivity contribution in [3.63, 3.8) is 0 Å². The number of carboxylic acid groups (broad SMARTS) is 1. The Morgan fingerprint density at radius 3 is 2.12 bits per heavy atom. The van der Waals surface area contributed by atoms with E-state index >= 15 is 0 Å². The van der Waals surface area contributed by atoms with Gasteiger partial charge in [-0.25, -0.2) is 4.79 Å². The third-order valence-electron chi connectivity index (χ3n) is 7.23. The fourth-order valence-corrected chi connectivity index (χ4v) is 5.60. The van der Waals surface area contributed by atoms with Gasteiger partial charge in [0.2, 0.25) is 12.6 Å². The second kappa shape index (κ2) is 11.6. The minimum atomic E-state index is -1.95. The fourth-order valence-electron chi connectivity index (χ4n) is 5.60. The number of hydrogen-bond donors (Lipinski definition) is 2. The van der Waals surface area contributed by atoms with Crippen LogP contribution in [0.15, 0.2) is 11.8 Å². The molecule has 4 aliphatic rings. The molecule has 1 aliphatic carbocycles. The molecule has 2 saturated heterocycles. The Labute approximate surface area is 232 Å². The van der Waals surface area contributed by atoms with Crippen LogP contribution in [0.1, 0.15) is 40.5 Å². The van der Waals surface area contributed by atoms with Crippen LogP contribution in [0, 0.1) is 11.8 Å². The number of cyclic esters (lactones) is 1. The average Bonchev–Trinajstić information content (AvgIpc) is 3.10. The number of carbonyl (C=O) groups is 6. The number of carbonyl (C=O) groups excluding carboxylic acids is 5. The highest BCUT2D eigenvalue weighted by Gasteiger charge is 2.62. The highest BCUT2D eigenvalue weighted by atomic mass is 16.8. The quantitative estimate of drug-likeness (QED) is 0.231. The summed E-state index contributed by atoms with van der Waals surface area (Å²) in [6.07, 6.45) is -10.5.